The molecule has 31 heavy (non-hydrogen) atoms. The van der Waals surface area contributed by atoms with E-state index in [9.17, 15) is 22.8 Å². The summed E-state index contributed by atoms with van der Waals surface area (Å²) in [6, 6.07) is 15.0. The van der Waals surface area contributed by atoms with Crippen LogP contribution in [0.1, 0.15) is 36.0 Å². The largest absolute Gasteiger partial charge is 0.416 e. The molecule has 1 saturated heterocycles. The second kappa shape index (κ2) is 10.5. The molecule has 1 aliphatic heterocycles. The van der Waals surface area contributed by atoms with E-state index in [1.165, 1.54) is 17.7 Å². The summed E-state index contributed by atoms with van der Waals surface area (Å²) in [5.74, 6) is -0.267. The van der Waals surface area contributed by atoms with Crippen molar-refractivity contribution < 1.29 is 22.8 Å². The van der Waals surface area contributed by atoms with Gasteiger partial charge in [-0.05, 0) is 48.9 Å². The van der Waals surface area contributed by atoms with Crippen molar-refractivity contribution >= 4 is 11.8 Å². The van der Waals surface area contributed by atoms with Crippen LogP contribution >= 0.6 is 0 Å². The van der Waals surface area contributed by atoms with Crippen molar-refractivity contribution in [2.24, 2.45) is 5.92 Å². The van der Waals surface area contributed by atoms with E-state index in [0.29, 0.717) is 38.9 Å². The molecule has 4 nitrogen and oxygen atoms in total. The first-order valence-electron chi connectivity index (χ1n) is 10.6. The van der Waals surface area contributed by atoms with Crippen LogP contribution in [0.4, 0.5) is 13.2 Å². The number of halogens is 3. The first-order chi connectivity index (χ1) is 14.8. The van der Waals surface area contributed by atoms with Gasteiger partial charge in [-0.3, -0.25) is 9.59 Å². The lowest BCUT2D eigenvalue weighted by molar-refractivity contribution is -0.139. The highest BCUT2D eigenvalue weighted by Gasteiger charge is 2.30. The highest BCUT2D eigenvalue weighted by atomic mass is 19.4. The topological polar surface area (TPSA) is 49.4 Å². The van der Waals surface area contributed by atoms with E-state index < -0.39 is 11.7 Å². The molecule has 1 fully saturated rings. The zero-order valence-corrected chi connectivity index (χ0v) is 17.3. The number of piperidine rings is 1. The van der Waals surface area contributed by atoms with Crippen LogP contribution < -0.4 is 5.32 Å². The Morgan fingerprint density at radius 3 is 2.35 bits per heavy atom. The summed E-state index contributed by atoms with van der Waals surface area (Å²) in [5.41, 5.74) is 1.28. The van der Waals surface area contributed by atoms with Crippen molar-refractivity contribution in [2.75, 3.05) is 19.6 Å². The van der Waals surface area contributed by atoms with Crippen LogP contribution in [0.15, 0.2) is 54.6 Å². The standard InChI is InChI=1S/C24H27F3N2O2/c25-24(26,27)21-11-8-19(9-12-21)14-15-28-23(31)20-10-13-22(30)29(17-20)16-4-7-18-5-2-1-3-6-18/h1-3,5-6,8-9,11-12,20H,4,7,10,13-17H2,(H,28,31)/t20-/m0/s1. The zero-order chi connectivity index (χ0) is 22.3. The van der Waals surface area contributed by atoms with Crippen LogP contribution in [0, 0.1) is 5.92 Å². The molecule has 0 aliphatic carbocycles. The van der Waals surface area contributed by atoms with E-state index in [0.717, 1.165) is 30.5 Å². The summed E-state index contributed by atoms with van der Waals surface area (Å²) in [6.45, 7) is 1.39. The molecule has 0 unspecified atom stereocenters. The van der Waals surface area contributed by atoms with Crippen LogP contribution in [-0.4, -0.2) is 36.3 Å². The molecule has 0 bridgehead atoms. The van der Waals surface area contributed by atoms with Gasteiger partial charge in [0.1, 0.15) is 0 Å². The lowest BCUT2D eigenvalue weighted by atomic mass is 9.96. The molecule has 1 aliphatic rings. The minimum atomic E-state index is -4.35. The third-order valence-electron chi connectivity index (χ3n) is 5.60. The molecule has 1 N–H and O–H groups in total. The van der Waals surface area contributed by atoms with Gasteiger partial charge in [-0.25, -0.2) is 0 Å². The minimum absolute atomic E-state index is 0.0851. The Labute approximate surface area is 180 Å². The van der Waals surface area contributed by atoms with Gasteiger partial charge in [-0.1, -0.05) is 42.5 Å². The lowest BCUT2D eigenvalue weighted by Gasteiger charge is -2.32. The average Bonchev–Trinajstić information content (AvgIpc) is 2.75. The monoisotopic (exact) mass is 432 g/mol. The molecule has 2 aromatic rings. The molecule has 2 amide bonds. The van der Waals surface area contributed by atoms with E-state index in [4.69, 9.17) is 0 Å². The Morgan fingerprint density at radius 2 is 1.68 bits per heavy atom. The minimum Gasteiger partial charge on any atom is -0.355 e. The number of hydrogen-bond donors (Lipinski definition) is 1. The van der Waals surface area contributed by atoms with Gasteiger partial charge >= 0.3 is 6.18 Å². The van der Waals surface area contributed by atoms with Gasteiger partial charge in [0, 0.05) is 26.1 Å². The van der Waals surface area contributed by atoms with Crippen molar-refractivity contribution in [3.05, 3.63) is 71.3 Å². The van der Waals surface area contributed by atoms with Crippen molar-refractivity contribution in [2.45, 2.75) is 38.3 Å². The molecule has 166 valence electrons. The molecular weight excluding hydrogens is 405 g/mol. The number of amides is 2. The highest BCUT2D eigenvalue weighted by molar-refractivity contribution is 5.83. The van der Waals surface area contributed by atoms with Crippen LogP contribution in [0.3, 0.4) is 0 Å². The van der Waals surface area contributed by atoms with E-state index in [1.54, 1.807) is 4.90 Å². The van der Waals surface area contributed by atoms with Gasteiger partial charge < -0.3 is 10.2 Å². The lowest BCUT2D eigenvalue weighted by Crippen LogP contribution is -2.46. The number of benzene rings is 2. The Morgan fingerprint density at radius 1 is 1.00 bits per heavy atom. The maximum Gasteiger partial charge on any atom is 0.416 e. The van der Waals surface area contributed by atoms with Crippen molar-refractivity contribution in [1.29, 1.82) is 0 Å². The summed E-state index contributed by atoms with van der Waals surface area (Å²) >= 11 is 0. The summed E-state index contributed by atoms with van der Waals surface area (Å²) in [4.78, 5) is 26.5. The molecule has 3 rings (SSSR count). The fourth-order valence-electron chi connectivity index (χ4n) is 3.80. The Balaban J connectivity index is 1.41. The SMILES string of the molecule is O=C(NCCc1ccc(C(F)(F)F)cc1)[C@H]1CCC(=O)N(CCCc2ccccc2)C1. The van der Waals surface area contributed by atoms with Gasteiger partial charge in [0.15, 0.2) is 0 Å². The quantitative estimate of drug-likeness (QED) is 0.679. The highest BCUT2D eigenvalue weighted by Crippen LogP contribution is 2.29. The molecule has 0 radical (unpaired) electrons. The second-order valence-corrected chi connectivity index (χ2v) is 7.90. The number of carbonyl (C=O) groups excluding carboxylic acids is 2. The van der Waals surface area contributed by atoms with Crippen molar-refractivity contribution in [1.82, 2.24) is 10.2 Å². The number of rotatable bonds is 8. The molecule has 2 aromatic carbocycles. The number of nitrogens with zero attached hydrogens (tertiary/aromatic N) is 1. The van der Waals surface area contributed by atoms with E-state index >= 15 is 0 Å². The number of aryl methyl sites for hydroxylation is 1. The van der Waals surface area contributed by atoms with Crippen LogP contribution in [-0.2, 0) is 28.6 Å². The number of alkyl halides is 3. The Kier molecular flexibility index (Phi) is 7.71. The normalized spacial score (nSPS) is 16.9. The number of likely N-dealkylation sites (tertiary alicyclic amines) is 1. The van der Waals surface area contributed by atoms with Crippen LogP contribution in [0.25, 0.3) is 0 Å². The molecule has 1 heterocycles. The number of nitrogens with one attached hydrogen (secondary N) is 1. The maximum atomic E-state index is 12.6. The molecule has 0 spiro atoms. The van der Waals surface area contributed by atoms with Gasteiger partial charge in [-0.15, -0.1) is 0 Å². The second-order valence-electron chi connectivity index (χ2n) is 7.90. The molecule has 7 heteroatoms. The predicted octanol–water partition coefficient (Wildman–Crippen LogP) is 4.24. The molecule has 0 aromatic heterocycles. The van der Waals surface area contributed by atoms with Gasteiger partial charge in [-0.2, -0.15) is 13.2 Å². The summed E-state index contributed by atoms with van der Waals surface area (Å²) in [7, 11) is 0. The van der Waals surface area contributed by atoms with Crippen molar-refractivity contribution in [3.63, 3.8) is 0 Å². The molecular formula is C24H27F3N2O2. The van der Waals surface area contributed by atoms with E-state index in [1.807, 2.05) is 18.2 Å². The molecule has 1 atom stereocenters. The summed E-state index contributed by atoms with van der Waals surface area (Å²) in [5, 5.41) is 2.86. The Hall–Kier alpha value is -2.83. The zero-order valence-electron chi connectivity index (χ0n) is 17.3. The van der Waals surface area contributed by atoms with E-state index in [2.05, 4.69) is 17.4 Å². The fraction of sp³-hybridized carbons (Fsp3) is 0.417. The fourth-order valence-corrected chi connectivity index (χ4v) is 3.80. The van der Waals surface area contributed by atoms with Crippen LogP contribution in [0.2, 0.25) is 0 Å². The maximum absolute atomic E-state index is 12.6. The third-order valence-corrected chi connectivity index (χ3v) is 5.60. The first kappa shape index (κ1) is 22.8. The first-order valence-corrected chi connectivity index (χ1v) is 10.6. The van der Waals surface area contributed by atoms with E-state index in [-0.39, 0.29) is 17.7 Å². The predicted molar refractivity (Wildman–Crippen MR) is 112 cm³/mol. The van der Waals surface area contributed by atoms with Crippen LogP contribution in [0.5, 0.6) is 0 Å². The smallest absolute Gasteiger partial charge is 0.355 e. The number of carbonyl (C=O) groups is 2. The Bertz CT molecular complexity index is 867. The van der Waals surface area contributed by atoms with Gasteiger partial charge in [0.25, 0.3) is 0 Å². The van der Waals surface area contributed by atoms with Gasteiger partial charge in [0.05, 0.1) is 11.5 Å². The van der Waals surface area contributed by atoms with Crippen molar-refractivity contribution in [3.8, 4) is 0 Å². The third kappa shape index (κ3) is 6.84. The number of hydrogen-bond acceptors (Lipinski definition) is 2. The molecule has 0 saturated carbocycles. The summed E-state index contributed by atoms with van der Waals surface area (Å²) < 4.78 is 37.9. The summed E-state index contributed by atoms with van der Waals surface area (Å²) in [6.07, 6.45) is -1.27. The van der Waals surface area contributed by atoms with Gasteiger partial charge in [0.2, 0.25) is 11.8 Å². The average molecular weight is 432 g/mol.